The van der Waals surface area contributed by atoms with Gasteiger partial charge < -0.3 is 4.57 Å². The van der Waals surface area contributed by atoms with Crippen LogP contribution in [0.2, 0.25) is 0 Å². The second-order valence-electron chi connectivity index (χ2n) is 15.9. The molecular weight excluding hydrogens is 773 g/mol. The topological polar surface area (TPSA) is 43.6 Å². The first-order chi connectivity index (χ1) is 30.8. The predicted octanol–water partition coefficient (Wildman–Crippen LogP) is 15.5. The summed E-state index contributed by atoms with van der Waals surface area (Å²) in [6.07, 6.45) is 0. The summed E-state index contributed by atoms with van der Waals surface area (Å²) in [6.45, 7) is 0. The van der Waals surface area contributed by atoms with Crippen LogP contribution in [0.15, 0.2) is 206 Å². The van der Waals surface area contributed by atoms with E-state index in [4.69, 9.17) is 15.0 Å². The average Bonchev–Trinajstić information content (AvgIpc) is 3.90. The fourth-order valence-electron chi connectivity index (χ4n) is 9.70. The summed E-state index contributed by atoms with van der Waals surface area (Å²) < 4.78 is 5.05. The molecule has 0 amide bonds. The van der Waals surface area contributed by atoms with Gasteiger partial charge in [0.25, 0.3) is 0 Å². The third-order valence-corrected chi connectivity index (χ3v) is 13.7. The summed E-state index contributed by atoms with van der Waals surface area (Å²) >= 11 is 1.87. The van der Waals surface area contributed by atoms with Gasteiger partial charge in [-0.15, -0.1) is 11.3 Å². The molecular formula is C57H34N4S. The van der Waals surface area contributed by atoms with Crippen molar-refractivity contribution in [3.05, 3.63) is 206 Å². The first-order valence-electron chi connectivity index (χ1n) is 20.9. The molecule has 0 saturated heterocycles. The van der Waals surface area contributed by atoms with Crippen molar-refractivity contribution in [1.82, 2.24) is 19.5 Å². The third-order valence-electron chi connectivity index (χ3n) is 12.4. The normalized spacial score (nSPS) is 11.9. The Balaban J connectivity index is 1.18. The molecule has 288 valence electrons. The van der Waals surface area contributed by atoms with Crippen LogP contribution in [0.25, 0.3) is 125 Å². The molecule has 62 heavy (non-hydrogen) atoms. The van der Waals surface area contributed by atoms with Crippen LogP contribution < -0.4 is 0 Å². The van der Waals surface area contributed by atoms with Gasteiger partial charge in [0.1, 0.15) is 0 Å². The highest BCUT2D eigenvalue weighted by Crippen LogP contribution is 2.47. The summed E-state index contributed by atoms with van der Waals surface area (Å²) in [4.78, 5) is 15.8. The predicted molar refractivity (Wildman–Crippen MR) is 261 cm³/mol. The summed E-state index contributed by atoms with van der Waals surface area (Å²) in [7, 11) is 0. The van der Waals surface area contributed by atoms with E-state index in [0.717, 1.165) is 38.8 Å². The second-order valence-corrected chi connectivity index (χ2v) is 16.9. The van der Waals surface area contributed by atoms with Crippen molar-refractivity contribution in [2.75, 3.05) is 0 Å². The van der Waals surface area contributed by atoms with Crippen LogP contribution in [0.3, 0.4) is 0 Å². The van der Waals surface area contributed by atoms with Crippen molar-refractivity contribution in [2.45, 2.75) is 0 Å². The highest BCUT2D eigenvalue weighted by Gasteiger charge is 2.24. The minimum Gasteiger partial charge on any atom is -0.308 e. The van der Waals surface area contributed by atoms with Gasteiger partial charge in [-0.25, -0.2) is 15.0 Å². The van der Waals surface area contributed by atoms with E-state index >= 15 is 0 Å². The van der Waals surface area contributed by atoms with E-state index in [1.807, 2.05) is 47.7 Å². The van der Waals surface area contributed by atoms with E-state index in [0.29, 0.717) is 17.5 Å². The highest BCUT2D eigenvalue weighted by molar-refractivity contribution is 7.26. The Labute approximate surface area is 360 Å². The summed E-state index contributed by atoms with van der Waals surface area (Å²) in [5, 5.41) is 12.2. The molecule has 0 radical (unpaired) electrons. The molecule has 3 heterocycles. The minimum absolute atomic E-state index is 0.615. The van der Waals surface area contributed by atoms with Gasteiger partial charge in [-0.3, -0.25) is 0 Å². The van der Waals surface area contributed by atoms with Gasteiger partial charge >= 0.3 is 0 Å². The van der Waals surface area contributed by atoms with Crippen LogP contribution in [-0.2, 0) is 0 Å². The number of nitrogens with zero attached hydrogens (tertiary/aromatic N) is 4. The zero-order valence-corrected chi connectivity index (χ0v) is 34.1. The smallest absolute Gasteiger partial charge is 0.166 e. The van der Waals surface area contributed by atoms with Crippen molar-refractivity contribution in [2.24, 2.45) is 0 Å². The van der Waals surface area contributed by atoms with Crippen LogP contribution in [0, 0.1) is 0 Å². The molecule has 0 aliphatic carbocycles. The molecule has 0 spiro atoms. The lowest BCUT2D eigenvalue weighted by atomic mass is 9.92. The monoisotopic (exact) mass is 806 g/mol. The molecule has 0 N–H and O–H groups in total. The summed E-state index contributed by atoms with van der Waals surface area (Å²) in [6, 6.07) is 73.9. The van der Waals surface area contributed by atoms with Gasteiger partial charge in [0.2, 0.25) is 0 Å². The lowest BCUT2D eigenvalue weighted by molar-refractivity contribution is 1.07. The number of para-hydroxylation sites is 1. The molecule has 3 aromatic heterocycles. The van der Waals surface area contributed by atoms with E-state index in [-0.39, 0.29) is 0 Å². The van der Waals surface area contributed by atoms with E-state index in [2.05, 4.69) is 174 Å². The Morgan fingerprint density at radius 2 is 0.806 bits per heavy atom. The van der Waals surface area contributed by atoms with E-state index in [1.165, 1.54) is 69.0 Å². The minimum atomic E-state index is 0.615. The highest BCUT2D eigenvalue weighted by atomic mass is 32.1. The van der Waals surface area contributed by atoms with Gasteiger partial charge in [-0.1, -0.05) is 176 Å². The largest absolute Gasteiger partial charge is 0.308 e. The van der Waals surface area contributed by atoms with Gasteiger partial charge in [0.15, 0.2) is 17.5 Å². The van der Waals surface area contributed by atoms with Crippen LogP contribution in [0.1, 0.15) is 0 Å². The van der Waals surface area contributed by atoms with Crippen LogP contribution in [0.4, 0.5) is 0 Å². The maximum Gasteiger partial charge on any atom is 0.166 e. The maximum absolute atomic E-state index is 5.37. The SMILES string of the molecule is c1ccc(-c2nc(-c3ccccc3)nc(-c3cc4c5ccccc5c5ccccc5c4cc3-n3c4ccccc4c4c(-c5cccc6c5sc5ccccc56)cccc43)n2)cc1. The third kappa shape index (κ3) is 5.29. The number of aromatic nitrogens is 4. The van der Waals surface area contributed by atoms with Crippen molar-refractivity contribution in [3.63, 3.8) is 0 Å². The molecule has 0 aliphatic heterocycles. The number of rotatable bonds is 5. The van der Waals surface area contributed by atoms with Crippen molar-refractivity contribution < 1.29 is 0 Å². The summed E-state index contributed by atoms with van der Waals surface area (Å²) in [5.41, 5.74) is 8.49. The molecule has 0 atom stereocenters. The zero-order chi connectivity index (χ0) is 40.7. The molecule has 0 aliphatic rings. The molecule has 4 nitrogen and oxygen atoms in total. The Morgan fingerprint density at radius 1 is 0.323 bits per heavy atom. The van der Waals surface area contributed by atoms with Crippen molar-refractivity contribution in [3.8, 4) is 51.0 Å². The van der Waals surface area contributed by atoms with Gasteiger partial charge in [0, 0.05) is 53.2 Å². The van der Waals surface area contributed by atoms with E-state index < -0.39 is 0 Å². The molecule has 0 unspecified atom stereocenters. The number of thiophene rings is 1. The average molecular weight is 807 g/mol. The Hall–Kier alpha value is -7.99. The maximum atomic E-state index is 5.37. The van der Waals surface area contributed by atoms with E-state index in [1.54, 1.807) is 0 Å². The van der Waals surface area contributed by atoms with Gasteiger partial charge in [0.05, 0.1) is 16.7 Å². The molecule has 0 fully saturated rings. The molecule has 0 bridgehead atoms. The molecule has 13 rings (SSSR count). The Bertz CT molecular complexity index is 3870. The van der Waals surface area contributed by atoms with Crippen LogP contribution >= 0.6 is 11.3 Å². The van der Waals surface area contributed by atoms with Crippen molar-refractivity contribution >= 4 is 85.6 Å². The number of benzene rings is 10. The number of fused-ring (bicyclic) bond motifs is 12. The molecule has 0 saturated carbocycles. The van der Waals surface area contributed by atoms with Crippen LogP contribution in [-0.4, -0.2) is 19.5 Å². The Kier molecular flexibility index (Phi) is 7.74. The lowest BCUT2D eigenvalue weighted by Crippen LogP contribution is -2.04. The fraction of sp³-hybridized carbons (Fsp3) is 0. The standard InChI is InChI=1S/C57H34N4S/c1-3-17-35(18-4-1)55-58-56(36-19-5-2-6-20-36)60-57(59-55)48-33-46-39-23-9-7-21-37(39)38-22-8-10-24-40(38)47(46)34-51(48)61-49-30-13-11-26-45(49)53-42(27-16-31-50(53)61)44-29-15-28-43-41-25-12-14-32-52(41)62-54(43)44/h1-34H. The summed E-state index contributed by atoms with van der Waals surface area (Å²) in [5.74, 6) is 1.87. The number of hydrogen-bond donors (Lipinski definition) is 0. The molecule has 5 heteroatoms. The lowest BCUT2D eigenvalue weighted by Gasteiger charge is -2.18. The molecule has 13 aromatic rings. The zero-order valence-electron chi connectivity index (χ0n) is 33.3. The second kappa shape index (κ2) is 13.8. The number of hydrogen-bond acceptors (Lipinski definition) is 4. The molecule has 10 aromatic carbocycles. The van der Waals surface area contributed by atoms with Crippen LogP contribution in [0.5, 0.6) is 0 Å². The first kappa shape index (κ1) is 34.8. The van der Waals surface area contributed by atoms with Gasteiger partial charge in [-0.2, -0.15) is 0 Å². The van der Waals surface area contributed by atoms with E-state index in [9.17, 15) is 0 Å². The quantitative estimate of drug-likeness (QED) is 0.163. The Morgan fingerprint density at radius 3 is 1.48 bits per heavy atom. The van der Waals surface area contributed by atoms with Crippen molar-refractivity contribution in [1.29, 1.82) is 0 Å². The first-order valence-corrected chi connectivity index (χ1v) is 21.8. The van der Waals surface area contributed by atoms with Gasteiger partial charge in [-0.05, 0) is 68.2 Å². The fourth-order valence-corrected chi connectivity index (χ4v) is 10.9.